The summed E-state index contributed by atoms with van der Waals surface area (Å²) >= 11 is 0. The van der Waals surface area contributed by atoms with Gasteiger partial charge in [0.25, 0.3) is 0 Å². The van der Waals surface area contributed by atoms with E-state index in [2.05, 4.69) is 0 Å². The van der Waals surface area contributed by atoms with E-state index in [0.717, 1.165) is 16.7 Å². The van der Waals surface area contributed by atoms with Gasteiger partial charge in [0.15, 0.2) is 23.0 Å². The van der Waals surface area contributed by atoms with Crippen LogP contribution in [-0.4, -0.2) is 35.5 Å². The van der Waals surface area contributed by atoms with Gasteiger partial charge in [-0.3, -0.25) is 4.79 Å². The number of aromatic hydroxyl groups is 2. The van der Waals surface area contributed by atoms with Crippen molar-refractivity contribution in [1.82, 2.24) is 0 Å². The number of methoxy groups -OCH3 is 2. The Kier molecular flexibility index (Phi) is 4.44. The Bertz CT molecular complexity index is 814. The lowest BCUT2D eigenvalue weighted by atomic mass is 9.92. The fourth-order valence-electron chi connectivity index (χ4n) is 3.59. The summed E-state index contributed by atoms with van der Waals surface area (Å²) in [5, 5.41) is 29.2. The molecule has 25 heavy (non-hydrogen) atoms. The average Bonchev–Trinajstić information content (AvgIpc) is 2.91. The maximum atomic E-state index is 11.2. The molecule has 0 saturated heterocycles. The molecule has 0 fully saturated rings. The minimum Gasteiger partial charge on any atom is -0.504 e. The number of hydrogen-bond donors (Lipinski definition) is 3. The Morgan fingerprint density at radius 2 is 1.72 bits per heavy atom. The smallest absolute Gasteiger partial charge is 0.303 e. The number of phenols is 2. The molecular formula is C19H20O6. The summed E-state index contributed by atoms with van der Waals surface area (Å²) < 4.78 is 10.3. The van der Waals surface area contributed by atoms with Crippen molar-refractivity contribution >= 4 is 5.97 Å². The minimum atomic E-state index is -0.869. The normalized spacial score (nSPS) is 18.6. The van der Waals surface area contributed by atoms with Crippen LogP contribution < -0.4 is 9.47 Å². The van der Waals surface area contributed by atoms with Gasteiger partial charge in [-0.15, -0.1) is 0 Å². The van der Waals surface area contributed by atoms with E-state index in [0.29, 0.717) is 17.9 Å². The molecule has 0 saturated carbocycles. The number of hydrogen-bond acceptors (Lipinski definition) is 5. The molecule has 3 N–H and O–H groups in total. The van der Waals surface area contributed by atoms with E-state index in [1.54, 1.807) is 30.3 Å². The number of carboxylic acid groups (broad SMARTS) is 1. The first-order valence-electron chi connectivity index (χ1n) is 7.94. The average molecular weight is 344 g/mol. The number of benzene rings is 2. The van der Waals surface area contributed by atoms with Crippen LogP contribution in [0.25, 0.3) is 0 Å². The highest BCUT2D eigenvalue weighted by Crippen LogP contribution is 2.50. The van der Waals surface area contributed by atoms with Crippen LogP contribution >= 0.6 is 0 Å². The maximum Gasteiger partial charge on any atom is 0.303 e. The molecule has 0 aliphatic heterocycles. The van der Waals surface area contributed by atoms with Crippen molar-refractivity contribution in [3.05, 3.63) is 47.0 Å². The summed E-state index contributed by atoms with van der Waals surface area (Å²) in [6.07, 6.45) is 0.606. The van der Waals surface area contributed by atoms with Crippen LogP contribution in [0.2, 0.25) is 0 Å². The van der Waals surface area contributed by atoms with Gasteiger partial charge in [-0.25, -0.2) is 0 Å². The van der Waals surface area contributed by atoms with Crippen LogP contribution in [0.3, 0.4) is 0 Å². The minimum absolute atomic E-state index is 0.00660. The molecule has 0 radical (unpaired) electrons. The van der Waals surface area contributed by atoms with Gasteiger partial charge in [-0.2, -0.15) is 0 Å². The van der Waals surface area contributed by atoms with E-state index in [4.69, 9.17) is 9.47 Å². The van der Waals surface area contributed by atoms with Gasteiger partial charge in [-0.05, 0) is 53.3 Å². The molecular weight excluding hydrogens is 324 g/mol. The van der Waals surface area contributed by atoms with E-state index in [1.807, 2.05) is 0 Å². The predicted octanol–water partition coefficient (Wildman–Crippen LogP) is 3.21. The van der Waals surface area contributed by atoms with Crippen LogP contribution in [0.5, 0.6) is 23.0 Å². The number of carboxylic acids is 1. The van der Waals surface area contributed by atoms with E-state index >= 15 is 0 Å². The van der Waals surface area contributed by atoms with Gasteiger partial charge >= 0.3 is 5.97 Å². The van der Waals surface area contributed by atoms with Gasteiger partial charge in [0.05, 0.1) is 20.6 Å². The molecule has 1 aliphatic carbocycles. The summed E-state index contributed by atoms with van der Waals surface area (Å²) in [4.78, 5) is 11.2. The second kappa shape index (κ2) is 6.55. The van der Waals surface area contributed by atoms with Crippen molar-refractivity contribution in [2.24, 2.45) is 0 Å². The predicted molar refractivity (Wildman–Crippen MR) is 90.8 cm³/mol. The van der Waals surface area contributed by atoms with Crippen LogP contribution in [-0.2, 0) is 4.79 Å². The largest absolute Gasteiger partial charge is 0.504 e. The third kappa shape index (κ3) is 3.07. The highest BCUT2D eigenvalue weighted by Gasteiger charge is 2.34. The second-order valence-corrected chi connectivity index (χ2v) is 6.17. The van der Waals surface area contributed by atoms with Crippen LogP contribution in [0.4, 0.5) is 0 Å². The molecule has 2 atom stereocenters. The molecule has 0 amide bonds. The molecule has 0 spiro atoms. The van der Waals surface area contributed by atoms with E-state index in [-0.39, 0.29) is 29.8 Å². The Morgan fingerprint density at radius 1 is 1.04 bits per heavy atom. The molecule has 2 aromatic carbocycles. The molecule has 6 heteroatoms. The van der Waals surface area contributed by atoms with Crippen LogP contribution in [0.15, 0.2) is 30.3 Å². The van der Waals surface area contributed by atoms with E-state index in [9.17, 15) is 20.1 Å². The molecule has 132 valence electrons. The Balaban J connectivity index is 2.08. The lowest BCUT2D eigenvalue weighted by Crippen LogP contribution is -2.04. The Labute approximate surface area is 145 Å². The molecule has 2 aromatic rings. The van der Waals surface area contributed by atoms with Crippen molar-refractivity contribution in [3.8, 4) is 23.0 Å². The van der Waals surface area contributed by atoms with Crippen LogP contribution in [0.1, 0.15) is 41.4 Å². The monoisotopic (exact) mass is 344 g/mol. The zero-order valence-corrected chi connectivity index (χ0v) is 14.0. The summed E-state index contributed by atoms with van der Waals surface area (Å²) in [5.41, 5.74) is 2.64. The van der Waals surface area contributed by atoms with E-state index in [1.165, 1.54) is 14.2 Å². The molecule has 6 nitrogen and oxygen atoms in total. The summed E-state index contributed by atoms with van der Waals surface area (Å²) in [5.74, 6) is -0.377. The number of ether oxygens (including phenoxy) is 2. The summed E-state index contributed by atoms with van der Waals surface area (Å²) in [6, 6.07) is 8.45. The van der Waals surface area contributed by atoms with Gasteiger partial charge < -0.3 is 24.8 Å². The van der Waals surface area contributed by atoms with Crippen LogP contribution in [0, 0.1) is 0 Å². The highest BCUT2D eigenvalue weighted by molar-refractivity contribution is 5.69. The van der Waals surface area contributed by atoms with Crippen molar-refractivity contribution in [2.75, 3.05) is 14.2 Å². The lowest BCUT2D eigenvalue weighted by Gasteiger charge is -2.15. The van der Waals surface area contributed by atoms with Gasteiger partial charge in [0.2, 0.25) is 0 Å². The zero-order valence-electron chi connectivity index (χ0n) is 14.0. The third-order valence-electron chi connectivity index (χ3n) is 4.75. The van der Waals surface area contributed by atoms with Crippen molar-refractivity contribution in [1.29, 1.82) is 0 Å². The Morgan fingerprint density at radius 3 is 2.36 bits per heavy atom. The molecule has 0 aromatic heterocycles. The SMILES string of the molecule is COc1cc(C2CC(CC(=O)O)c3cc(OC)c(O)cc32)ccc1O. The first-order chi connectivity index (χ1) is 11.9. The standard InChI is InChI=1S/C19H20O6/c1-24-17-6-10(3-4-15(17)20)12-5-11(7-19(22)23)13-9-18(25-2)16(21)8-14(12)13/h3-4,6,8-9,11-12,20-21H,5,7H2,1-2H3,(H,22,23). The fourth-order valence-corrected chi connectivity index (χ4v) is 3.59. The van der Waals surface area contributed by atoms with Gasteiger partial charge in [-0.1, -0.05) is 6.07 Å². The topological polar surface area (TPSA) is 96.2 Å². The lowest BCUT2D eigenvalue weighted by molar-refractivity contribution is -0.137. The number of phenolic OH excluding ortho intramolecular Hbond substituents is 2. The summed E-state index contributed by atoms with van der Waals surface area (Å²) in [6.45, 7) is 0. The first-order valence-corrected chi connectivity index (χ1v) is 7.94. The summed E-state index contributed by atoms with van der Waals surface area (Å²) in [7, 11) is 2.94. The fraction of sp³-hybridized carbons (Fsp3) is 0.316. The number of carbonyl (C=O) groups is 1. The highest BCUT2D eigenvalue weighted by atomic mass is 16.5. The van der Waals surface area contributed by atoms with Crippen molar-refractivity contribution < 1.29 is 29.6 Å². The molecule has 2 unspecified atom stereocenters. The first kappa shape index (κ1) is 17.0. The van der Waals surface area contributed by atoms with Gasteiger partial charge in [0, 0.05) is 5.92 Å². The third-order valence-corrected chi connectivity index (χ3v) is 4.75. The quantitative estimate of drug-likeness (QED) is 0.771. The molecule has 0 heterocycles. The Hall–Kier alpha value is -2.89. The molecule has 0 bridgehead atoms. The zero-order chi connectivity index (χ0) is 18.1. The molecule has 1 aliphatic rings. The second-order valence-electron chi connectivity index (χ2n) is 6.17. The molecule has 3 rings (SSSR count). The number of rotatable bonds is 5. The number of aliphatic carboxylic acids is 1. The maximum absolute atomic E-state index is 11.2. The van der Waals surface area contributed by atoms with Crippen molar-refractivity contribution in [3.63, 3.8) is 0 Å². The van der Waals surface area contributed by atoms with E-state index < -0.39 is 5.97 Å². The number of fused-ring (bicyclic) bond motifs is 1. The van der Waals surface area contributed by atoms with Crippen molar-refractivity contribution in [2.45, 2.75) is 24.7 Å². The van der Waals surface area contributed by atoms with Gasteiger partial charge in [0.1, 0.15) is 0 Å².